The van der Waals surface area contributed by atoms with Crippen LogP contribution in [0.2, 0.25) is 0 Å². The lowest BCUT2D eigenvalue weighted by molar-refractivity contribution is -0.255. The van der Waals surface area contributed by atoms with Crippen LogP contribution in [0.4, 0.5) is 4.39 Å². The van der Waals surface area contributed by atoms with Crippen molar-refractivity contribution < 1.29 is 19.0 Å². The molecule has 2 aromatic carbocycles. The van der Waals surface area contributed by atoms with Crippen LogP contribution in [0.25, 0.3) is 11.1 Å². The Bertz CT molecular complexity index is 576. The standard InChI is InChI=1S/C14H11FO3/c1-18-11-6-7-13(15)12(8-11)9-2-4-10(5-3-9)14(16)17/h2-8H,1H3,(H,16,17)/p-1. The summed E-state index contributed by atoms with van der Waals surface area (Å²) in [6.45, 7) is 0. The van der Waals surface area contributed by atoms with Gasteiger partial charge >= 0.3 is 0 Å². The number of carboxylic acids is 1. The van der Waals surface area contributed by atoms with E-state index in [9.17, 15) is 14.3 Å². The van der Waals surface area contributed by atoms with E-state index in [0.29, 0.717) is 16.9 Å². The van der Waals surface area contributed by atoms with Crippen LogP contribution in [0.3, 0.4) is 0 Å². The number of aromatic carboxylic acids is 1. The average molecular weight is 245 g/mol. The molecule has 0 heterocycles. The summed E-state index contributed by atoms with van der Waals surface area (Å²) in [5, 5.41) is 10.6. The maximum absolute atomic E-state index is 13.7. The molecule has 3 nitrogen and oxygen atoms in total. The first-order chi connectivity index (χ1) is 8.61. The van der Waals surface area contributed by atoms with Crippen molar-refractivity contribution in [2.24, 2.45) is 0 Å². The fraction of sp³-hybridized carbons (Fsp3) is 0.0714. The third-order valence-corrected chi connectivity index (χ3v) is 2.61. The molecule has 0 fully saturated rings. The highest BCUT2D eigenvalue weighted by atomic mass is 19.1. The van der Waals surface area contributed by atoms with Gasteiger partial charge in [0, 0.05) is 5.56 Å². The zero-order valence-corrected chi connectivity index (χ0v) is 9.64. The van der Waals surface area contributed by atoms with Crippen molar-refractivity contribution in [2.45, 2.75) is 0 Å². The summed E-state index contributed by atoms with van der Waals surface area (Å²) in [6, 6.07) is 10.2. The van der Waals surface area contributed by atoms with Crippen LogP contribution in [0.5, 0.6) is 5.75 Å². The Morgan fingerprint density at radius 2 is 1.83 bits per heavy atom. The lowest BCUT2D eigenvalue weighted by Crippen LogP contribution is -2.21. The smallest absolute Gasteiger partial charge is 0.131 e. The lowest BCUT2D eigenvalue weighted by Gasteiger charge is -2.08. The second kappa shape index (κ2) is 4.87. The molecule has 0 amide bonds. The van der Waals surface area contributed by atoms with E-state index >= 15 is 0 Å². The van der Waals surface area contributed by atoms with Gasteiger partial charge in [0.05, 0.1) is 13.1 Å². The van der Waals surface area contributed by atoms with Crippen molar-refractivity contribution in [3.05, 3.63) is 53.8 Å². The number of rotatable bonds is 3. The molecule has 0 aliphatic rings. The molecule has 0 N–H and O–H groups in total. The Balaban J connectivity index is 2.44. The summed E-state index contributed by atoms with van der Waals surface area (Å²) in [7, 11) is 1.50. The number of halogens is 1. The molecule has 0 saturated carbocycles. The second-order valence-electron chi connectivity index (χ2n) is 3.71. The number of hydrogen-bond acceptors (Lipinski definition) is 3. The summed E-state index contributed by atoms with van der Waals surface area (Å²) in [4.78, 5) is 10.6. The summed E-state index contributed by atoms with van der Waals surface area (Å²) in [6.07, 6.45) is 0. The molecule has 0 spiro atoms. The molecule has 2 rings (SSSR count). The van der Waals surface area contributed by atoms with E-state index in [2.05, 4.69) is 0 Å². The zero-order chi connectivity index (χ0) is 13.1. The van der Waals surface area contributed by atoms with Crippen LogP contribution in [-0.2, 0) is 0 Å². The van der Waals surface area contributed by atoms with Gasteiger partial charge < -0.3 is 14.6 Å². The van der Waals surface area contributed by atoms with Gasteiger partial charge in [0.15, 0.2) is 0 Å². The number of methoxy groups -OCH3 is 1. The number of carboxylic acid groups (broad SMARTS) is 1. The maximum Gasteiger partial charge on any atom is 0.131 e. The van der Waals surface area contributed by atoms with Gasteiger partial charge in [-0.15, -0.1) is 0 Å². The Morgan fingerprint density at radius 3 is 2.39 bits per heavy atom. The van der Waals surface area contributed by atoms with E-state index < -0.39 is 11.8 Å². The van der Waals surface area contributed by atoms with Gasteiger partial charge in [-0.1, -0.05) is 24.3 Å². The van der Waals surface area contributed by atoms with Crippen molar-refractivity contribution in [1.82, 2.24) is 0 Å². The molecule has 0 aliphatic heterocycles. The molecule has 18 heavy (non-hydrogen) atoms. The molecule has 0 radical (unpaired) electrons. The molecule has 0 aromatic heterocycles. The van der Waals surface area contributed by atoms with E-state index in [0.717, 1.165) is 0 Å². The van der Waals surface area contributed by atoms with Crippen LogP contribution >= 0.6 is 0 Å². The van der Waals surface area contributed by atoms with Gasteiger partial charge in [0.25, 0.3) is 0 Å². The van der Waals surface area contributed by atoms with Gasteiger partial charge in [-0.25, -0.2) is 4.39 Å². The van der Waals surface area contributed by atoms with Gasteiger partial charge in [-0.05, 0) is 29.3 Å². The molecule has 2 aromatic rings. The van der Waals surface area contributed by atoms with E-state index in [-0.39, 0.29) is 5.56 Å². The maximum atomic E-state index is 13.7. The second-order valence-corrected chi connectivity index (χ2v) is 3.71. The molecule has 4 heteroatoms. The molecule has 0 atom stereocenters. The van der Waals surface area contributed by atoms with Crippen LogP contribution in [-0.4, -0.2) is 13.1 Å². The summed E-state index contributed by atoms with van der Waals surface area (Å²) in [5.74, 6) is -1.11. The van der Waals surface area contributed by atoms with Gasteiger partial charge in [0.2, 0.25) is 0 Å². The van der Waals surface area contributed by atoms with E-state index in [4.69, 9.17) is 4.74 Å². The van der Waals surface area contributed by atoms with Crippen LogP contribution in [0, 0.1) is 5.82 Å². The van der Waals surface area contributed by atoms with Crippen molar-refractivity contribution in [2.75, 3.05) is 7.11 Å². The van der Waals surface area contributed by atoms with E-state index in [1.807, 2.05) is 0 Å². The lowest BCUT2D eigenvalue weighted by atomic mass is 10.0. The predicted octanol–water partition coefficient (Wildman–Crippen LogP) is 1.86. The number of benzene rings is 2. The molecular formula is C14H10FO3-. The highest BCUT2D eigenvalue weighted by Gasteiger charge is 2.06. The number of hydrogen-bond donors (Lipinski definition) is 0. The molecular weight excluding hydrogens is 235 g/mol. The highest BCUT2D eigenvalue weighted by molar-refractivity contribution is 5.86. The minimum Gasteiger partial charge on any atom is -0.545 e. The van der Waals surface area contributed by atoms with Crippen LogP contribution in [0.15, 0.2) is 42.5 Å². The fourth-order valence-corrected chi connectivity index (χ4v) is 1.64. The monoisotopic (exact) mass is 245 g/mol. The van der Waals surface area contributed by atoms with Gasteiger partial charge in [0.1, 0.15) is 11.6 Å². The number of carbonyl (C=O) groups excluding carboxylic acids is 1. The first-order valence-corrected chi connectivity index (χ1v) is 5.27. The van der Waals surface area contributed by atoms with Crippen molar-refractivity contribution >= 4 is 5.97 Å². The number of carbonyl (C=O) groups is 1. The third kappa shape index (κ3) is 2.32. The average Bonchev–Trinajstić information content (AvgIpc) is 2.39. The molecule has 0 bridgehead atoms. The largest absolute Gasteiger partial charge is 0.545 e. The predicted molar refractivity (Wildman–Crippen MR) is 62.7 cm³/mol. The zero-order valence-electron chi connectivity index (χ0n) is 9.64. The normalized spacial score (nSPS) is 10.1. The van der Waals surface area contributed by atoms with E-state index in [1.54, 1.807) is 6.07 Å². The van der Waals surface area contributed by atoms with Crippen LogP contribution in [0.1, 0.15) is 10.4 Å². The van der Waals surface area contributed by atoms with E-state index in [1.165, 1.54) is 43.5 Å². The Kier molecular flexibility index (Phi) is 3.28. The Labute approximate surface area is 103 Å². The quantitative estimate of drug-likeness (QED) is 0.829. The minimum absolute atomic E-state index is 0.0575. The molecule has 0 unspecified atom stereocenters. The van der Waals surface area contributed by atoms with Gasteiger partial charge in [-0.2, -0.15) is 0 Å². The van der Waals surface area contributed by atoms with Gasteiger partial charge in [-0.3, -0.25) is 0 Å². The summed E-state index contributed by atoms with van der Waals surface area (Å²) in [5.41, 5.74) is 0.998. The SMILES string of the molecule is COc1ccc(F)c(-c2ccc(C(=O)[O-])cc2)c1. The molecule has 0 aliphatic carbocycles. The van der Waals surface area contributed by atoms with Crippen molar-refractivity contribution in [3.63, 3.8) is 0 Å². The Hall–Kier alpha value is -2.36. The molecule has 0 saturated heterocycles. The summed E-state index contributed by atoms with van der Waals surface area (Å²) >= 11 is 0. The Morgan fingerprint density at radius 1 is 1.17 bits per heavy atom. The fourth-order valence-electron chi connectivity index (χ4n) is 1.64. The molecule has 92 valence electrons. The third-order valence-electron chi connectivity index (χ3n) is 2.61. The van der Waals surface area contributed by atoms with Crippen LogP contribution < -0.4 is 9.84 Å². The minimum atomic E-state index is -1.26. The highest BCUT2D eigenvalue weighted by Crippen LogP contribution is 2.27. The van der Waals surface area contributed by atoms with Crippen molar-refractivity contribution in [1.29, 1.82) is 0 Å². The summed E-state index contributed by atoms with van der Waals surface area (Å²) < 4.78 is 18.7. The first-order valence-electron chi connectivity index (χ1n) is 5.27. The number of ether oxygens (including phenoxy) is 1. The topological polar surface area (TPSA) is 49.4 Å². The van der Waals surface area contributed by atoms with Crippen molar-refractivity contribution in [3.8, 4) is 16.9 Å². The first kappa shape index (κ1) is 12.1.